The molecule has 19 heavy (non-hydrogen) atoms. The molecule has 1 heterocycles. The lowest BCUT2D eigenvalue weighted by atomic mass is 10.2. The molecule has 0 N–H and O–H groups in total. The van der Waals surface area contributed by atoms with Crippen molar-refractivity contribution in [2.45, 2.75) is 52.7 Å². The van der Waals surface area contributed by atoms with Crippen LogP contribution in [0.4, 0.5) is 0 Å². The highest BCUT2D eigenvalue weighted by Crippen LogP contribution is 2.69. The van der Waals surface area contributed by atoms with Crippen molar-refractivity contribution < 1.29 is 31.5 Å². The minimum absolute atomic E-state index is 0.113. The van der Waals surface area contributed by atoms with Gasteiger partial charge in [0.15, 0.2) is 0 Å². The minimum atomic E-state index is -4.09. The zero-order valence-electron chi connectivity index (χ0n) is 12.2. The molecular formula is C10H22O7P2. The smallest absolute Gasteiger partial charge is 0.284 e. The van der Waals surface area contributed by atoms with Crippen LogP contribution in [-0.4, -0.2) is 24.4 Å². The summed E-state index contributed by atoms with van der Waals surface area (Å²) in [7, 11) is -7.97. The summed E-state index contributed by atoms with van der Waals surface area (Å²) in [6, 6.07) is 0. The molecule has 114 valence electrons. The van der Waals surface area contributed by atoms with Gasteiger partial charge in [0.25, 0.3) is 0 Å². The second-order valence-electron chi connectivity index (χ2n) is 6.05. The Morgan fingerprint density at radius 2 is 1.32 bits per heavy atom. The summed E-state index contributed by atoms with van der Waals surface area (Å²) in [5.74, 6) is 0. The molecule has 1 fully saturated rings. The van der Waals surface area contributed by atoms with Gasteiger partial charge in [0.1, 0.15) is 0 Å². The van der Waals surface area contributed by atoms with Gasteiger partial charge in [-0.1, -0.05) is 0 Å². The monoisotopic (exact) mass is 316 g/mol. The summed E-state index contributed by atoms with van der Waals surface area (Å²) in [5.41, 5.74) is -1.61. The summed E-state index contributed by atoms with van der Waals surface area (Å²) in [6.07, 6.45) is 0. The maximum atomic E-state index is 12.6. The van der Waals surface area contributed by atoms with Gasteiger partial charge in [-0.2, -0.15) is 4.31 Å². The van der Waals surface area contributed by atoms with Crippen LogP contribution in [0.25, 0.3) is 0 Å². The summed E-state index contributed by atoms with van der Waals surface area (Å²) in [6.45, 7) is 10.3. The number of phosphoric ester groups is 2. The molecule has 0 aromatic carbocycles. The fourth-order valence-corrected chi connectivity index (χ4v) is 4.90. The molecule has 1 aliphatic heterocycles. The molecule has 0 unspecified atom stereocenters. The van der Waals surface area contributed by atoms with Crippen molar-refractivity contribution in [1.29, 1.82) is 0 Å². The molecule has 9 heteroatoms. The first-order valence-corrected chi connectivity index (χ1v) is 8.87. The Morgan fingerprint density at radius 3 is 1.63 bits per heavy atom. The number of rotatable bonds is 4. The van der Waals surface area contributed by atoms with Crippen LogP contribution in [0, 0.1) is 0 Å². The number of phosphoric acid groups is 2. The highest BCUT2D eigenvalue weighted by Gasteiger charge is 2.47. The SMILES string of the molecule is CC(C)(C)OP(=O)(OC(C)(C)C)OP1(=O)OCCO1. The van der Waals surface area contributed by atoms with Crippen molar-refractivity contribution >= 4 is 15.6 Å². The van der Waals surface area contributed by atoms with E-state index in [1.807, 2.05) is 0 Å². The molecule has 0 aliphatic carbocycles. The Labute approximate surface area is 114 Å². The van der Waals surface area contributed by atoms with Gasteiger partial charge >= 0.3 is 15.6 Å². The predicted octanol–water partition coefficient (Wildman–Crippen LogP) is 3.90. The summed E-state index contributed by atoms with van der Waals surface area (Å²) in [5, 5.41) is 0. The molecule has 0 aromatic heterocycles. The molecule has 0 amide bonds. The van der Waals surface area contributed by atoms with Gasteiger partial charge < -0.3 is 0 Å². The van der Waals surface area contributed by atoms with E-state index in [0.29, 0.717) is 0 Å². The van der Waals surface area contributed by atoms with E-state index >= 15 is 0 Å². The van der Waals surface area contributed by atoms with E-state index in [0.717, 1.165) is 0 Å². The van der Waals surface area contributed by atoms with Crippen LogP contribution in [0.15, 0.2) is 0 Å². The summed E-state index contributed by atoms with van der Waals surface area (Å²) < 4.78 is 49.9. The van der Waals surface area contributed by atoms with Crippen LogP contribution in [0.3, 0.4) is 0 Å². The van der Waals surface area contributed by atoms with Crippen LogP contribution < -0.4 is 0 Å². The second kappa shape index (κ2) is 5.57. The quantitative estimate of drug-likeness (QED) is 0.728. The van der Waals surface area contributed by atoms with Crippen LogP contribution >= 0.6 is 15.6 Å². The molecule has 7 nitrogen and oxygen atoms in total. The van der Waals surface area contributed by atoms with Crippen molar-refractivity contribution in [2.75, 3.05) is 13.2 Å². The predicted molar refractivity (Wildman–Crippen MR) is 69.9 cm³/mol. The maximum Gasteiger partial charge on any atom is 0.484 e. The molecular weight excluding hydrogens is 294 g/mol. The lowest BCUT2D eigenvalue weighted by Gasteiger charge is -2.31. The lowest BCUT2D eigenvalue weighted by molar-refractivity contribution is 0.0183. The van der Waals surface area contributed by atoms with Gasteiger partial charge in [0.05, 0.1) is 24.4 Å². The normalized spacial score (nSPS) is 20.7. The van der Waals surface area contributed by atoms with Gasteiger partial charge in [-0.15, -0.1) is 0 Å². The molecule has 1 saturated heterocycles. The highest BCUT2D eigenvalue weighted by molar-refractivity contribution is 7.62. The van der Waals surface area contributed by atoms with Crippen molar-refractivity contribution in [1.82, 2.24) is 0 Å². The molecule has 0 saturated carbocycles. The van der Waals surface area contributed by atoms with E-state index in [2.05, 4.69) is 0 Å². The van der Waals surface area contributed by atoms with E-state index in [1.54, 1.807) is 41.5 Å². The Hall–Kier alpha value is 0.260. The first-order chi connectivity index (χ1) is 8.33. The minimum Gasteiger partial charge on any atom is -0.284 e. The topological polar surface area (TPSA) is 80.3 Å². The van der Waals surface area contributed by atoms with Crippen LogP contribution in [0.1, 0.15) is 41.5 Å². The molecule has 1 rings (SSSR count). The van der Waals surface area contributed by atoms with E-state index in [9.17, 15) is 9.13 Å². The van der Waals surface area contributed by atoms with Gasteiger partial charge in [0.2, 0.25) is 0 Å². The molecule has 1 aliphatic rings. The fraction of sp³-hybridized carbons (Fsp3) is 1.00. The largest absolute Gasteiger partial charge is 0.484 e. The Bertz CT molecular complexity index is 377. The summed E-state index contributed by atoms with van der Waals surface area (Å²) in [4.78, 5) is 0. The fourth-order valence-electron chi connectivity index (χ4n) is 1.23. The highest BCUT2D eigenvalue weighted by atomic mass is 31.3. The average Bonchev–Trinajstić information content (AvgIpc) is 2.41. The molecule has 0 spiro atoms. The Balaban J connectivity index is 2.92. The lowest BCUT2D eigenvalue weighted by Crippen LogP contribution is -2.24. The molecule has 0 aromatic rings. The molecule has 0 bridgehead atoms. The zero-order valence-corrected chi connectivity index (χ0v) is 14.0. The van der Waals surface area contributed by atoms with E-state index in [4.69, 9.17) is 22.4 Å². The number of hydrogen-bond donors (Lipinski definition) is 0. The van der Waals surface area contributed by atoms with E-state index in [1.165, 1.54) is 0 Å². The van der Waals surface area contributed by atoms with Crippen molar-refractivity contribution in [3.05, 3.63) is 0 Å². The van der Waals surface area contributed by atoms with Crippen LogP contribution in [-0.2, 0) is 31.5 Å². The Kier molecular flexibility index (Phi) is 5.07. The van der Waals surface area contributed by atoms with E-state index in [-0.39, 0.29) is 13.2 Å². The van der Waals surface area contributed by atoms with Gasteiger partial charge in [-0.3, -0.25) is 18.1 Å². The van der Waals surface area contributed by atoms with Gasteiger partial charge in [-0.25, -0.2) is 9.13 Å². The maximum absolute atomic E-state index is 12.6. The van der Waals surface area contributed by atoms with Crippen molar-refractivity contribution in [2.24, 2.45) is 0 Å². The van der Waals surface area contributed by atoms with Crippen LogP contribution in [0.2, 0.25) is 0 Å². The van der Waals surface area contributed by atoms with Crippen LogP contribution in [0.5, 0.6) is 0 Å². The zero-order chi connectivity index (χ0) is 14.9. The standard InChI is InChI=1S/C10H22O7P2/c1-9(2,3)15-19(12,16-10(4,5)6)17-18(11)13-7-8-14-18/h7-8H2,1-6H3. The van der Waals surface area contributed by atoms with E-state index < -0.39 is 26.8 Å². The van der Waals surface area contributed by atoms with Crippen molar-refractivity contribution in [3.8, 4) is 0 Å². The summed E-state index contributed by atoms with van der Waals surface area (Å²) >= 11 is 0. The molecule has 0 atom stereocenters. The third-order valence-electron chi connectivity index (χ3n) is 1.55. The third kappa shape index (κ3) is 6.50. The first kappa shape index (κ1) is 17.3. The molecule has 0 radical (unpaired) electrons. The Morgan fingerprint density at radius 1 is 0.947 bits per heavy atom. The first-order valence-electron chi connectivity index (χ1n) is 5.95. The van der Waals surface area contributed by atoms with Gasteiger partial charge in [-0.05, 0) is 41.5 Å². The van der Waals surface area contributed by atoms with Crippen molar-refractivity contribution in [3.63, 3.8) is 0 Å². The average molecular weight is 316 g/mol. The number of hydrogen-bond acceptors (Lipinski definition) is 7. The third-order valence-corrected chi connectivity index (χ3v) is 5.69. The second-order valence-corrected chi connectivity index (χ2v) is 9.37. The van der Waals surface area contributed by atoms with Gasteiger partial charge in [0, 0.05) is 0 Å².